The molecule has 0 radical (unpaired) electrons. The number of nitrogens with two attached hydrogens (primary N) is 1. The molecule has 3 aromatic rings. The highest BCUT2D eigenvalue weighted by Crippen LogP contribution is 2.57. The van der Waals surface area contributed by atoms with Gasteiger partial charge in [0.25, 0.3) is 0 Å². The molecule has 35 heavy (non-hydrogen) atoms. The first-order valence-electron chi connectivity index (χ1n) is 10.7. The molecular weight excluding hydrogens is 505 g/mol. The topological polar surface area (TPSA) is 159 Å². The van der Waals surface area contributed by atoms with Crippen molar-refractivity contribution in [3.63, 3.8) is 0 Å². The number of aromatic nitrogens is 4. The summed E-state index contributed by atoms with van der Waals surface area (Å²) in [5, 5.41) is 0.534. The van der Waals surface area contributed by atoms with E-state index in [1.165, 1.54) is 12.7 Å². The molecule has 3 aliphatic heterocycles. The second-order valence-electron chi connectivity index (χ2n) is 8.08. The maximum Gasteiger partial charge on any atom is 0.509 e. The van der Waals surface area contributed by atoms with Gasteiger partial charge in [0.05, 0.1) is 25.6 Å². The Morgan fingerprint density at radius 3 is 2.94 bits per heavy atom. The molecule has 5 heterocycles. The third kappa shape index (κ3) is 4.14. The van der Waals surface area contributed by atoms with E-state index in [-0.39, 0.29) is 19.0 Å². The zero-order valence-corrected chi connectivity index (χ0v) is 19.6. The maximum atomic E-state index is 13.2. The number of carbonyl (C=O) groups excluding carboxylic acids is 1. The van der Waals surface area contributed by atoms with Gasteiger partial charge in [-0.2, -0.15) is 0 Å². The van der Waals surface area contributed by atoms with Crippen LogP contribution in [0.3, 0.4) is 0 Å². The summed E-state index contributed by atoms with van der Waals surface area (Å²) in [7, 11) is -3.94. The molecule has 1 aromatic carbocycles. The van der Waals surface area contributed by atoms with Gasteiger partial charge in [0.15, 0.2) is 29.9 Å². The zero-order chi connectivity index (χ0) is 24.2. The van der Waals surface area contributed by atoms with Gasteiger partial charge in [-0.3, -0.25) is 18.1 Å². The Hall–Kier alpha value is -2.80. The highest BCUT2D eigenvalue weighted by molar-refractivity contribution is 7.48. The predicted molar refractivity (Wildman–Crippen MR) is 118 cm³/mol. The Bertz CT molecular complexity index is 1340. The van der Waals surface area contributed by atoms with Crippen molar-refractivity contribution in [2.24, 2.45) is 0 Å². The normalized spacial score (nSPS) is 32.4. The van der Waals surface area contributed by atoms with Crippen LogP contribution in [0.2, 0.25) is 5.02 Å². The van der Waals surface area contributed by atoms with Gasteiger partial charge >= 0.3 is 14.0 Å². The van der Waals surface area contributed by atoms with Crippen molar-refractivity contribution >= 4 is 42.6 Å². The lowest BCUT2D eigenvalue weighted by Gasteiger charge is -2.30. The Labute approximate surface area is 203 Å². The minimum absolute atomic E-state index is 0.162. The summed E-state index contributed by atoms with van der Waals surface area (Å²) in [4.78, 5) is 24.2. The fraction of sp³-hybridized carbons (Fsp3) is 0.400. The Balaban J connectivity index is 1.19. The number of carbonyl (C=O) groups is 1. The first-order valence-corrected chi connectivity index (χ1v) is 12.5. The van der Waals surface area contributed by atoms with Crippen LogP contribution in [0, 0.1) is 0 Å². The Morgan fingerprint density at radius 2 is 2.09 bits per heavy atom. The molecular formula is C20H19ClN5O8P. The van der Waals surface area contributed by atoms with E-state index >= 15 is 0 Å². The van der Waals surface area contributed by atoms with Crippen LogP contribution in [0.5, 0.6) is 0 Å². The molecule has 0 aliphatic carbocycles. The molecule has 2 aromatic heterocycles. The highest BCUT2D eigenvalue weighted by Gasteiger charge is 2.56. The number of hydrogen-bond acceptors (Lipinski definition) is 12. The molecule has 2 N–H and O–H groups in total. The minimum Gasteiger partial charge on any atom is -0.424 e. The summed E-state index contributed by atoms with van der Waals surface area (Å²) in [6.45, 7) is -0.0908. The van der Waals surface area contributed by atoms with Crippen LogP contribution in [0.25, 0.3) is 11.2 Å². The lowest BCUT2D eigenvalue weighted by Crippen LogP contribution is -2.32. The lowest BCUT2D eigenvalue weighted by atomic mass is 10.1. The molecule has 3 saturated heterocycles. The smallest absolute Gasteiger partial charge is 0.424 e. The third-order valence-electron chi connectivity index (χ3n) is 5.91. The number of anilines is 1. The molecule has 0 bridgehead atoms. The minimum atomic E-state index is -3.94. The zero-order valence-electron chi connectivity index (χ0n) is 17.9. The van der Waals surface area contributed by atoms with Crippen molar-refractivity contribution < 1.29 is 37.1 Å². The number of halogens is 1. The third-order valence-corrected chi connectivity index (χ3v) is 7.63. The summed E-state index contributed by atoms with van der Waals surface area (Å²) in [6, 6.07) is 7.07. The summed E-state index contributed by atoms with van der Waals surface area (Å²) >= 11 is 6.07. The first-order chi connectivity index (χ1) is 16.9. The monoisotopic (exact) mass is 523 g/mol. The number of phosphoric ester groups is 1. The number of phosphoric acid groups is 1. The maximum absolute atomic E-state index is 13.2. The molecule has 0 spiro atoms. The number of benzene rings is 1. The summed E-state index contributed by atoms with van der Waals surface area (Å²) < 4.78 is 48.1. The van der Waals surface area contributed by atoms with Gasteiger partial charge in [0, 0.05) is 11.4 Å². The van der Waals surface area contributed by atoms with E-state index < -0.39 is 44.6 Å². The van der Waals surface area contributed by atoms with Gasteiger partial charge in [0.1, 0.15) is 17.9 Å². The van der Waals surface area contributed by atoms with E-state index in [1.54, 1.807) is 22.8 Å². The molecule has 184 valence electrons. The Morgan fingerprint density at radius 1 is 1.23 bits per heavy atom. The van der Waals surface area contributed by atoms with Crippen LogP contribution in [-0.4, -0.2) is 57.2 Å². The van der Waals surface area contributed by atoms with Crippen molar-refractivity contribution in [1.29, 1.82) is 0 Å². The van der Waals surface area contributed by atoms with E-state index in [0.29, 0.717) is 22.6 Å². The van der Waals surface area contributed by atoms with Crippen molar-refractivity contribution in [2.75, 3.05) is 18.9 Å². The number of fused-ring (bicyclic) bond motifs is 2. The van der Waals surface area contributed by atoms with E-state index in [1.807, 2.05) is 6.07 Å². The quantitative estimate of drug-likeness (QED) is 0.385. The number of ether oxygens (including phenoxy) is 3. The van der Waals surface area contributed by atoms with Crippen LogP contribution in [-0.2, 0) is 32.3 Å². The van der Waals surface area contributed by atoms with Gasteiger partial charge in [-0.15, -0.1) is 0 Å². The SMILES string of the molecule is Nc1ncnc2c1ncn2[C@@H]1O[C@H](COP2(=O)OCC[C@@H](c3cccc(Cl)c3)O2)[C@H]2OC(=O)O[C@H]21. The summed E-state index contributed by atoms with van der Waals surface area (Å²) in [5.74, 6) is 0.196. The number of nitrogens with zero attached hydrogens (tertiary/aromatic N) is 4. The average Bonchev–Trinajstić information content (AvgIpc) is 3.52. The van der Waals surface area contributed by atoms with Gasteiger partial charge in [-0.25, -0.2) is 24.3 Å². The highest BCUT2D eigenvalue weighted by atomic mass is 35.5. The summed E-state index contributed by atoms with van der Waals surface area (Å²) in [5.41, 5.74) is 7.39. The van der Waals surface area contributed by atoms with Crippen molar-refractivity contribution in [3.05, 3.63) is 47.5 Å². The number of hydrogen-bond donors (Lipinski definition) is 1. The molecule has 3 fully saturated rings. The van der Waals surface area contributed by atoms with Crippen LogP contribution in [0.15, 0.2) is 36.9 Å². The van der Waals surface area contributed by atoms with E-state index in [2.05, 4.69) is 15.0 Å². The van der Waals surface area contributed by atoms with Gasteiger partial charge < -0.3 is 19.9 Å². The number of nitrogen functional groups attached to an aromatic ring is 1. The van der Waals surface area contributed by atoms with E-state index in [9.17, 15) is 9.36 Å². The fourth-order valence-corrected chi connectivity index (χ4v) is 5.91. The van der Waals surface area contributed by atoms with Gasteiger partial charge in [-0.1, -0.05) is 23.7 Å². The van der Waals surface area contributed by atoms with Crippen LogP contribution in [0.1, 0.15) is 24.3 Å². The molecule has 3 aliphatic rings. The van der Waals surface area contributed by atoms with Crippen LogP contribution in [0.4, 0.5) is 10.6 Å². The van der Waals surface area contributed by atoms with Gasteiger partial charge in [0.2, 0.25) is 0 Å². The standard InChI is InChI=1S/C20H19ClN5O8P/c21-11-3-1-2-10(6-11)12-4-5-29-35(28,34-12)30-7-13-15-16(33-20(27)32-15)19(31-13)26-9-25-14-17(22)23-8-24-18(14)26/h1-3,6,8-9,12-13,15-16,19H,4-5,7H2,(H2,22,23,24)/t12-,13+,15+,16+,19+,35?/m0/s1. The fourth-order valence-electron chi connectivity index (χ4n) is 4.32. The van der Waals surface area contributed by atoms with Crippen molar-refractivity contribution in [2.45, 2.75) is 37.1 Å². The van der Waals surface area contributed by atoms with Crippen LogP contribution < -0.4 is 5.73 Å². The molecule has 13 nitrogen and oxygen atoms in total. The lowest BCUT2D eigenvalue weighted by molar-refractivity contribution is -0.0745. The number of rotatable bonds is 5. The second-order valence-corrected chi connectivity index (χ2v) is 10.1. The number of imidazole rings is 1. The predicted octanol–water partition coefficient (Wildman–Crippen LogP) is 3.17. The van der Waals surface area contributed by atoms with Crippen molar-refractivity contribution in [3.8, 4) is 0 Å². The van der Waals surface area contributed by atoms with Crippen LogP contribution >= 0.6 is 19.4 Å². The Kier molecular flexibility index (Phi) is 5.63. The average molecular weight is 524 g/mol. The molecule has 6 rings (SSSR count). The van der Waals surface area contributed by atoms with E-state index in [0.717, 1.165) is 5.56 Å². The first kappa shape index (κ1) is 22.7. The van der Waals surface area contributed by atoms with E-state index in [4.69, 9.17) is 45.1 Å². The molecule has 0 saturated carbocycles. The second kappa shape index (κ2) is 8.70. The largest absolute Gasteiger partial charge is 0.509 e. The van der Waals surface area contributed by atoms with Gasteiger partial charge in [-0.05, 0) is 17.7 Å². The summed E-state index contributed by atoms with van der Waals surface area (Å²) in [6.07, 6.45) is -1.47. The molecule has 15 heteroatoms. The molecule has 6 atom stereocenters. The molecule has 0 amide bonds. The van der Waals surface area contributed by atoms with Crippen molar-refractivity contribution in [1.82, 2.24) is 19.5 Å². The molecule has 1 unspecified atom stereocenters.